The van der Waals surface area contributed by atoms with Gasteiger partial charge >= 0.3 is 0 Å². The number of carbonyl (C=O) groups is 1. The van der Waals surface area contributed by atoms with E-state index in [4.69, 9.17) is 11.6 Å². The van der Waals surface area contributed by atoms with Gasteiger partial charge in [0.05, 0.1) is 9.85 Å². The number of hydrogen-bond donors (Lipinski definition) is 1. The average Bonchev–Trinajstić information content (AvgIpc) is 2.77. The number of alkyl halides is 1. The molecule has 1 unspecified atom stereocenters. The molecule has 1 amide bonds. The van der Waals surface area contributed by atoms with Gasteiger partial charge < -0.3 is 5.32 Å². The zero-order chi connectivity index (χ0) is 13.8. The van der Waals surface area contributed by atoms with E-state index in [2.05, 4.69) is 21.2 Å². The van der Waals surface area contributed by atoms with Crippen molar-refractivity contribution in [3.05, 3.63) is 56.7 Å². The Morgan fingerprint density at radius 2 is 2.11 bits per heavy atom. The summed E-state index contributed by atoms with van der Waals surface area (Å²) in [6.45, 7) is 2.42. The van der Waals surface area contributed by atoms with E-state index in [1.165, 1.54) is 11.3 Å². The van der Waals surface area contributed by atoms with Gasteiger partial charge in [-0.3, -0.25) is 4.79 Å². The van der Waals surface area contributed by atoms with Crippen molar-refractivity contribution in [3.63, 3.8) is 0 Å². The molecule has 1 N–H and O–H groups in total. The number of thiophene rings is 1. The first-order chi connectivity index (χ1) is 9.09. The summed E-state index contributed by atoms with van der Waals surface area (Å²) in [5.74, 6) is -0.122. The van der Waals surface area contributed by atoms with Crippen LogP contribution in [0.15, 0.2) is 35.7 Å². The molecular formula is C14H13BrClNOS. The fourth-order valence-electron chi connectivity index (χ4n) is 1.63. The fraction of sp³-hybridized carbons (Fsp3) is 0.214. The monoisotopic (exact) mass is 357 g/mol. The molecule has 1 aromatic carbocycles. The van der Waals surface area contributed by atoms with Gasteiger partial charge in [-0.05, 0) is 23.4 Å². The van der Waals surface area contributed by atoms with Gasteiger partial charge in [-0.1, -0.05) is 57.9 Å². The molecule has 2 aromatic rings. The molecule has 0 fully saturated rings. The lowest BCUT2D eigenvalue weighted by atomic mass is 10.1. The topological polar surface area (TPSA) is 29.1 Å². The number of rotatable bonds is 4. The molecule has 0 saturated carbocycles. The highest BCUT2D eigenvalue weighted by Crippen LogP contribution is 2.27. The molecule has 0 aliphatic rings. The van der Waals surface area contributed by atoms with Crippen molar-refractivity contribution >= 4 is 44.8 Å². The Bertz CT molecular complexity index is 570. The average molecular weight is 359 g/mol. The van der Waals surface area contributed by atoms with Crippen molar-refractivity contribution in [1.29, 1.82) is 0 Å². The molecule has 0 spiro atoms. The summed E-state index contributed by atoms with van der Waals surface area (Å²) in [6.07, 6.45) is 0. The lowest BCUT2D eigenvalue weighted by Gasteiger charge is -2.11. The third kappa shape index (κ3) is 3.59. The van der Waals surface area contributed by atoms with Crippen LogP contribution < -0.4 is 5.32 Å². The predicted octanol–water partition coefficient (Wildman–Crippen LogP) is 4.58. The third-order valence-corrected chi connectivity index (χ3v) is 5.26. The maximum absolute atomic E-state index is 12.0. The van der Waals surface area contributed by atoms with Gasteiger partial charge in [0.15, 0.2) is 0 Å². The highest BCUT2D eigenvalue weighted by atomic mass is 79.9. The van der Waals surface area contributed by atoms with E-state index in [9.17, 15) is 4.79 Å². The number of halogens is 2. The Morgan fingerprint density at radius 3 is 2.68 bits per heavy atom. The maximum atomic E-state index is 12.0. The SMILES string of the molecule is Cc1csc(C(=O)NCC(Br)c2ccccc2)c1Cl. The van der Waals surface area contributed by atoms with Crippen LogP contribution in [0.2, 0.25) is 5.02 Å². The molecule has 100 valence electrons. The Morgan fingerprint density at radius 1 is 1.42 bits per heavy atom. The van der Waals surface area contributed by atoms with Crippen LogP contribution in [0.4, 0.5) is 0 Å². The minimum absolute atomic E-state index is 0.0949. The van der Waals surface area contributed by atoms with E-state index < -0.39 is 0 Å². The van der Waals surface area contributed by atoms with E-state index in [1.54, 1.807) is 0 Å². The van der Waals surface area contributed by atoms with Crippen LogP contribution >= 0.6 is 38.9 Å². The minimum atomic E-state index is -0.122. The Hall–Kier alpha value is -0.840. The minimum Gasteiger partial charge on any atom is -0.350 e. The Balaban J connectivity index is 1.96. The number of hydrogen-bond acceptors (Lipinski definition) is 2. The van der Waals surface area contributed by atoms with E-state index in [0.29, 0.717) is 16.4 Å². The van der Waals surface area contributed by atoms with Crippen molar-refractivity contribution in [2.24, 2.45) is 0 Å². The van der Waals surface area contributed by atoms with E-state index in [0.717, 1.165) is 11.1 Å². The molecule has 5 heteroatoms. The molecule has 0 radical (unpaired) electrons. The van der Waals surface area contributed by atoms with Gasteiger partial charge in [0.1, 0.15) is 4.88 Å². The molecule has 19 heavy (non-hydrogen) atoms. The molecule has 0 saturated heterocycles. The highest BCUT2D eigenvalue weighted by Gasteiger charge is 2.15. The van der Waals surface area contributed by atoms with Gasteiger partial charge in [-0.25, -0.2) is 0 Å². The van der Waals surface area contributed by atoms with Crippen molar-refractivity contribution < 1.29 is 4.79 Å². The van der Waals surface area contributed by atoms with Crippen molar-refractivity contribution in [1.82, 2.24) is 5.32 Å². The van der Waals surface area contributed by atoms with Crippen LogP contribution in [-0.2, 0) is 0 Å². The van der Waals surface area contributed by atoms with Crippen LogP contribution in [0.3, 0.4) is 0 Å². The summed E-state index contributed by atoms with van der Waals surface area (Å²) < 4.78 is 0. The first-order valence-electron chi connectivity index (χ1n) is 5.80. The van der Waals surface area contributed by atoms with E-state index >= 15 is 0 Å². The fourth-order valence-corrected chi connectivity index (χ4v) is 3.29. The molecule has 2 rings (SSSR count). The second-order valence-electron chi connectivity index (χ2n) is 4.15. The molecule has 1 atom stereocenters. The number of amides is 1. The number of aryl methyl sites for hydroxylation is 1. The number of benzene rings is 1. The summed E-state index contributed by atoms with van der Waals surface area (Å²) in [5, 5.41) is 5.33. The number of nitrogens with one attached hydrogen (secondary N) is 1. The Kier molecular flexibility index (Phi) is 5.02. The van der Waals surface area contributed by atoms with Crippen LogP contribution in [0.5, 0.6) is 0 Å². The molecular weight excluding hydrogens is 346 g/mol. The third-order valence-electron chi connectivity index (χ3n) is 2.71. The quantitative estimate of drug-likeness (QED) is 0.797. The lowest BCUT2D eigenvalue weighted by molar-refractivity contribution is 0.0958. The van der Waals surface area contributed by atoms with E-state index in [1.807, 2.05) is 42.6 Å². The number of carbonyl (C=O) groups excluding carboxylic acids is 1. The molecule has 1 aromatic heterocycles. The largest absolute Gasteiger partial charge is 0.350 e. The lowest BCUT2D eigenvalue weighted by Crippen LogP contribution is -2.26. The standard InChI is InChI=1S/C14H13BrClNOS/c1-9-8-19-13(12(9)16)14(18)17-7-11(15)10-5-3-2-4-6-10/h2-6,8,11H,7H2,1H3,(H,17,18). The molecule has 0 aliphatic heterocycles. The van der Waals surface area contributed by atoms with Gasteiger partial charge in [0.2, 0.25) is 0 Å². The first kappa shape index (κ1) is 14.6. The normalized spacial score (nSPS) is 12.2. The van der Waals surface area contributed by atoms with Gasteiger partial charge in [-0.2, -0.15) is 0 Å². The second-order valence-corrected chi connectivity index (χ2v) is 6.51. The molecule has 1 heterocycles. The van der Waals surface area contributed by atoms with Crippen LogP contribution in [0.1, 0.15) is 25.6 Å². The van der Waals surface area contributed by atoms with Crippen molar-refractivity contribution in [3.8, 4) is 0 Å². The highest BCUT2D eigenvalue weighted by molar-refractivity contribution is 9.09. The summed E-state index contributed by atoms with van der Waals surface area (Å²) in [5.41, 5.74) is 2.08. The summed E-state index contributed by atoms with van der Waals surface area (Å²) in [7, 11) is 0. The summed E-state index contributed by atoms with van der Waals surface area (Å²) in [6, 6.07) is 9.97. The zero-order valence-corrected chi connectivity index (χ0v) is 13.5. The van der Waals surface area contributed by atoms with Crippen LogP contribution in [0, 0.1) is 6.92 Å². The second kappa shape index (κ2) is 6.55. The maximum Gasteiger partial charge on any atom is 0.262 e. The van der Waals surface area contributed by atoms with Gasteiger partial charge in [0.25, 0.3) is 5.91 Å². The van der Waals surface area contributed by atoms with E-state index in [-0.39, 0.29) is 10.7 Å². The van der Waals surface area contributed by atoms with Crippen molar-refractivity contribution in [2.75, 3.05) is 6.54 Å². The van der Waals surface area contributed by atoms with Gasteiger partial charge in [-0.15, -0.1) is 11.3 Å². The first-order valence-corrected chi connectivity index (χ1v) is 7.97. The Labute approximate surface area is 129 Å². The smallest absolute Gasteiger partial charge is 0.262 e. The zero-order valence-electron chi connectivity index (χ0n) is 10.3. The molecule has 0 aliphatic carbocycles. The van der Waals surface area contributed by atoms with Gasteiger partial charge in [0, 0.05) is 6.54 Å². The van der Waals surface area contributed by atoms with Crippen LogP contribution in [0.25, 0.3) is 0 Å². The predicted molar refractivity (Wildman–Crippen MR) is 84.5 cm³/mol. The summed E-state index contributed by atoms with van der Waals surface area (Å²) in [4.78, 5) is 12.7. The van der Waals surface area contributed by atoms with Crippen LogP contribution in [-0.4, -0.2) is 12.5 Å². The van der Waals surface area contributed by atoms with Crippen molar-refractivity contribution in [2.45, 2.75) is 11.8 Å². The summed E-state index contributed by atoms with van der Waals surface area (Å²) >= 11 is 11.0. The molecule has 2 nitrogen and oxygen atoms in total. The molecule has 0 bridgehead atoms.